The predicted molar refractivity (Wildman–Crippen MR) is 162 cm³/mol. The summed E-state index contributed by atoms with van der Waals surface area (Å²) in [4.78, 5) is 40.4. The molecule has 1 aliphatic heterocycles. The highest BCUT2D eigenvalue weighted by Crippen LogP contribution is 2.34. The first-order valence-electron chi connectivity index (χ1n) is 13.4. The highest BCUT2D eigenvalue weighted by molar-refractivity contribution is 6.32. The third-order valence-corrected chi connectivity index (χ3v) is 7.68. The van der Waals surface area contributed by atoms with Crippen molar-refractivity contribution in [2.24, 2.45) is 0 Å². The number of benzene rings is 3. The molecule has 1 aromatic heterocycles. The largest absolute Gasteiger partial charge is 0.497 e. The van der Waals surface area contributed by atoms with Gasteiger partial charge in [0.15, 0.2) is 0 Å². The molecule has 0 radical (unpaired) electrons. The molecule has 214 valence electrons. The molecule has 0 atom stereocenters. The maximum Gasteiger partial charge on any atom is 0.269 e. The van der Waals surface area contributed by atoms with Gasteiger partial charge in [0.25, 0.3) is 11.6 Å². The van der Waals surface area contributed by atoms with Crippen LogP contribution in [0.5, 0.6) is 5.75 Å². The van der Waals surface area contributed by atoms with Gasteiger partial charge in [0.05, 0.1) is 34.0 Å². The average Bonchev–Trinajstić information content (AvgIpc) is 3.36. The van der Waals surface area contributed by atoms with E-state index in [0.717, 1.165) is 28.4 Å². The minimum absolute atomic E-state index is 0.00664. The maximum absolute atomic E-state index is 13.8. The van der Waals surface area contributed by atoms with Crippen LogP contribution in [0.15, 0.2) is 84.9 Å². The monoisotopic (exact) mass is 584 g/mol. The van der Waals surface area contributed by atoms with E-state index in [1.54, 1.807) is 35.1 Å². The molecule has 4 aromatic rings. The Kier molecular flexibility index (Phi) is 8.40. The molecule has 1 fully saturated rings. The molecule has 0 N–H and O–H groups in total. The van der Waals surface area contributed by atoms with Crippen molar-refractivity contribution in [3.8, 4) is 22.7 Å². The van der Waals surface area contributed by atoms with E-state index < -0.39 is 4.92 Å². The molecule has 2 amide bonds. The van der Waals surface area contributed by atoms with E-state index in [0.29, 0.717) is 42.3 Å². The molecule has 0 bridgehead atoms. The van der Waals surface area contributed by atoms with Crippen LogP contribution in [0.1, 0.15) is 21.6 Å². The summed E-state index contributed by atoms with van der Waals surface area (Å²) in [6.45, 7) is 3.48. The van der Waals surface area contributed by atoms with E-state index in [-0.39, 0.29) is 17.5 Å². The number of rotatable bonds is 7. The lowest BCUT2D eigenvalue weighted by atomic mass is 10.1. The van der Waals surface area contributed by atoms with Gasteiger partial charge in [-0.1, -0.05) is 23.7 Å². The van der Waals surface area contributed by atoms with Crippen LogP contribution in [-0.4, -0.2) is 64.4 Å². The van der Waals surface area contributed by atoms with E-state index in [1.807, 2.05) is 66.1 Å². The Morgan fingerprint density at radius 2 is 1.57 bits per heavy atom. The van der Waals surface area contributed by atoms with Crippen molar-refractivity contribution >= 4 is 35.2 Å². The molecule has 42 heavy (non-hydrogen) atoms. The molecule has 9 nitrogen and oxygen atoms in total. The van der Waals surface area contributed by atoms with Crippen LogP contribution in [0.4, 0.5) is 5.69 Å². The van der Waals surface area contributed by atoms with Gasteiger partial charge in [-0.05, 0) is 78.7 Å². The summed E-state index contributed by atoms with van der Waals surface area (Å²) in [5, 5.41) is 11.4. The fourth-order valence-electron chi connectivity index (χ4n) is 5.02. The zero-order chi connectivity index (χ0) is 29.8. The number of aromatic nitrogens is 1. The zero-order valence-electron chi connectivity index (χ0n) is 23.2. The first kappa shape index (κ1) is 28.6. The smallest absolute Gasteiger partial charge is 0.269 e. The van der Waals surface area contributed by atoms with Crippen molar-refractivity contribution in [1.82, 2.24) is 14.4 Å². The minimum Gasteiger partial charge on any atom is -0.497 e. The average molecular weight is 585 g/mol. The lowest BCUT2D eigenvalue weighted by Gasteiger charge is -2.34. The molecule has 1 saturated heterocycles. The zero-order valence-corrected chi connectivity index (χ0v) is 24.0. The number of ether oxygens (including phenoxy) is 1. The molecular weight excluding hydrogens is 556 g/mol. The van der Waals surface area contributed by atoms with Gasteiger partial charge in [-0.2, -0.15) is 0 Å². The Morgan fingerprint density at radius 3 is 2.19 bits per heavy atom. The van der Waals surface area contributed by atoms with E-state index in [4.69, 9.17) is 16.3 Å². The van der Waals surface area contributed by atoms with Gasteiger partial charge in [-0.15, -0.1) is 0 Å². The van der Waals surface area contributed by atoms with Crippen molar-refractivity contribution < 1.29 is 19.2 Å². The Labute approximate surface area is 248 Å². The predicted octanol–water partition coefficient (Wildman–Crippen LogP) is 6.02. The van der Waals surface area contributed by atoms with Crippen molar-refractivity contribution in [3.05, 3.63) is 117 Å². The highest BCUT2D eigenvalue weighted by Gasteiger charge is 2.28. The van der Waals surface area contributed by atoms with Crippen LogP contribution in [0.2, 0.25) is 5.02 Å². The number of nitrogens with zero attached hydrogens (tertiary/aromatic N) is 4. The van der Waals surface area contributed by atoms with Crippen molar-refractivity contribution in [2.75, 3.05) is 33.3 Å². The number of nitro groups is 1. The number of methoxy groups -OCH3 is 1. The Balaban J connectivity index is 1.33. The third kappa shape index (κ3) is 5.91. The summed E-state index contributed by atoms with van der Waals surface area (Å²) < 4.78 is 7.32. The van der Waals surface area contributed by atoms with Crippen LogP contribution in [0.25, 0.3) is 23.0 Å². The lowest BCUT2D eigenvalue weighted by Crippen LogP contribution is -2.50. The molecule has 0 spiro atoms. The topological polar surface area (TPSA) is 97.9 Å². The molecule has 10 heteroatoms. The first-order valence-corrected chi connectivity index (χ1v) is 13.8. The molecule has 0 unspecified atom stereocenters. The summed E-state index contributed by atoms with van der Waals surface area (Å²) in [6, 6.07) is 23.0. The Hall–Kier alpha value is -4.89. The lowest BCUT2D eigenvalue weighted by molar-refractivity contribution is -0.384. The molecule has 5 rings (SSSR count). The van der Waals surface area contributed by atoms with Gasteiger partial charge >= 0.3 is 0 Å². The van der Waals surface area contributed by atoms with Crippen LogP contribution in [-0.2, 0) is 4.79 Å². The molecule has 1 aliphatic rings. The van der Waals surface area contributed by atoms with E-state index >= 15 is 0 Å². The SMILES string of the molecule is COc1ccc(-c2cc(C(=O)N3CCN(C(=O)C=Cc4ccc([N+](=O)[O-])cc4)CC3)c(C)n2-c2ccccc2Cl)cc1. The number of piperazine rings is 1. The number of amides is 2. The van der Waals surface area contributed by atoms with Gasteiger partial charge in [0.1, 0.15) is 5.75 Å². The fraction of sp³-hybridized carbons (Fsp3) is 0.188. The summed E-state index contributed by atoms with van der Waals surface area (Å²) in [6.07, 6.45) is 3.08. The van der Waals surface area contributed by atoms with Crippen molar-refractivity contribution in [3.63, 3.8) is 0 Å². The number of carbonyl (C=O) groups excluding carboxylic acids is 2. The quantitative estimate of drug-likeness (QED) is 0.150. The van der Waals surface area contributed by atoms with Crippen molar-refractivity contribution in [1.29, 1.82) is 0 Å². The Bertz CT molecular complexity index is 1650. The molecular formula is C32H29ClN4O5. The third-order valence-electron chi connectivity index (χ3n) is 7.36. The number of hydrogen-bond acceptors (Lipinski definition) is 5. The number of nitro benzene ring substituents is 1. The minimum atomic E-state index is -0.466. The summed E-state index contributed by atoms with van der Waals surface area (Å²) in [5.74, 6) is 0.447. The molecule has 0 saturated carbocycles. The normalized spacial score (nSPS) is 13.4. The first-order chi connectivity index (χ1) is 20.3. The number of para-hydroxylation sites is 1. The van der Waals surface area contributed by atoms with E-state index in [1.165, 1.54) is 18.2 Å². The van der Waals surface area contributed by atoms with Gasteiger partial charge in [-0.3, -0.25) is 19.7 Å². The number of carbonyl (C=O) groups is 2. The number of hydrogen-bond donors (Lipinski definition) is 0. The van der Waals surface area contributed by atoms with Gasteiger partial charge in [0, 0.05) is 50.1 Å². The van der Waals surface area contributed by atoms with Gasteiger partial charge < -0.3 is 19.1 Å². The van der Waals surface area contributed by atoms with Gasteiger partial charge in [-0.25, -0.2) is 0 Å². The molecule has 0 aliphatic carbocycles. The number of halogens is 1. The second-order valence-corrected chi connectivity index (χ2v) is 10.3. The van der Waals surface area contributed by atoms with Gasteiger partial charge in [0.2, 0.25) is 5.91 Å². The summed E-state index contributed by atoms with van der Waals surface area (Å²) >= 11 is 6.60. The second-order valence-electron chi connectivity index (χ2n) is 9.84. The molecule has 2 heterocycles. The maximum atomic E-state index is 13.8. The summed E-state index contributed by atoms with van der Waals surface area (Å²) in [5.41, 5.74) is 4.53. The van der Waals surface area contributed by atoms with E-state index in [9.17, 15) is 19.7 Å². The molecule has 3 aromatic carbocycles. The highest BCUT2D eigenvalue weighted by atomic mass is 35.5. The van der Waals surface area contributed by atoms with Crippen molar-refractivity contribution in [2.45, 2.75) is 6.92 Å². The van der Waals surface area contributed by atoms with Crippen LogP contribution in [0, 0.1) is 17.0 Å². The Morgan fingerprint density at radius 1 is 0.929 bits per heavy atom. The van der Waals surface area contributed by atoms with Crippen LogP contribution < -0.4 is 4.74 Å². The second kappa shape index (κ2) is 12.3. The van der Waals surface area contributed by atoms with E-state index in [2.05, 4.69) is 0 Å². The standard InChI is InChI=1S/C32H29ClN4O5/c1-22-27(21-30(24-10-14-26(42-2)15-11-24)36(22)29-6-4-3-5-28(29)33)32(39)35-19-17-34(18-20-35)31(38)16-9-23-7-12-25(13-8-23)37(40)41/h3-16,21H,17-20H2,1-2H3. The van der Waals surface area contributed by atoms with Crippen LogP contribution in [0.3, 0.4) is 0 Å². The number of non-ortho nitro benzene ring substituents is 1. The van der Waals surface area contributed by atoms with Crippen LogP contribution >= 0.6 is 11.6 Å². The fourth-order valence-corrected chi connectivity index (χ4v) is 5.24. The summed E-state index contributed by atoms with van der Waals surface area (Å²) in [7, 11) is 1.62.